The van der Waals surface area contributed by atoms with Crippen LogP contribution in [0, 0.1) is 6.92 Å². The number of benzene rings is 1. The van der Waals surface area contributed by atoms with E-state index in [0.717, 1.165) is 19.3 Å². The van der Waals surface area contributed by atoms with Gasteiger partial charge in [0.1, 0.15) is 0 Å². The van der Waals surface area contributed by atoms with Gasteiger partial charge in [0.05, 0.1) is 6.10 Å². The Balaban J connectivity index is 2.03. The summed E-state index contributed by atoms with van der Waals surface area (Å²) in [4.78, 5) is 0. The highest BCUT2D eigenvalue weighted by molar-refractivity contribution is 5.28. The third-order valence-corrected chi connectivity index (χ3v) is 3.60. The first-order valence-electron chi connectivity index (χ1n) is 6.18. The number of rotatable bonds is 3. The van der Waals surface area contributed by atoms with Gasteiger partial charge in [-0.2, -0.15) is 0 Å². The molecule has 0 radical (unpaired) electrons. The number of hydrogen-bond acceptors (Lipinski definition) is 2. The minimum absolute atomic E-state index is 0.161. The standard InChI is InChI=1S/C14H21NO/c1-10-6-3-4-7-12(10)11(2)15-13-8-5-9-14(13)16/h3-4,6-7,11,13-16H,5,8-9H2,1-2H3/t11?,13-,14-/m1/s1. The van der Waals surface area contributed by atoms with Gasteiger partial charge in [0.2, 0.25) is 0 Å². The van der Waals surface area contributed by atoms with E-state index in [2.05, 4.69) is 43.4 Å². The van der Waals surface area contributed by atoms with Gasteiger partial charge >= 0.3 is 0 Å². The van der Waals surface area contributed by atoms with E-state index in [1.807, 2.05) is 0 Å². The van der Waals surface area contributed by atoms with Crippen LogP contribution in [-0.4, -0.2) is 17.3 Å². The molecule has 0 heterocycles. The molecule has 2 nitrogen and oxygen atoms in total. The number of aliphatic hydroxyl groups excluding tert-OH is 1. The normalized spacial score (nSPS) is 26.9. The summed E-state index contributed by atoms with van der Waals surface area (Å²) in [5.41, 5.74) is 2.65. The number of aryl methyl sites for hydroxylation is 1. The zero-order valence-corrected chi connectivity index (χ0v) is 10.1. The van der Waals surface area contributed by atoms with Crippen LogP contribution in [-0.2, 0) is 0 Å². The van der Waals surface area contributed by atoms with E-state index in [1.54, 1.807) is 0 Å². The molecule has 1 saturated carbocycles. The summed E-state index contributed by atoms with van der Waals surface area (Å²) in [7, 11) is 0. The molecule has 1 unspecified atom stereocenters. The van der Waals surface area contributed by atoms with Crippen LogP contribution in [0.4, 0.5) is 0 Å². The number of nitrogens with one attached hydrogen (secondary N) is 1. The lowest BCUT2D eigenvalue weighted by Gasteiger charge is -2.23. The van der Waals surface area contributed by atoms with Crippen LogP contribution in [0.5, 0.6) is 0 Å². The number of hydrogen-bond donors (Lipinski definition) is 2. The molecule has 16 heavy (non-hydrogen) atoms. The SMILES string of the molecule is Cc1ccccc1C(C)N[C@@H]1CCC[C@H]1O. The minimum atomic E-state index is -0.161. The molecule has 0 aromatic heterocycles. The van der Waals surface area contributed by atoms with E-state index in [-0.39, 0.29) is 12.1 Å². The smallest absolute Gasteiger partial charge is 0.0693 e. The molecule has 1 aliphatic rings. The fourth-order valence-electron chi connectivity index (χ4n) is 2.62. The van der Waals surface area contributed by atoms with Crippen molar-refractivity contribution in [3.8, 4) is 0 Å². The van der Waals surface area contributed by atoms with E-state index in [1.165, 1.54) is 11.1 Å². The Kier molecular flexibility index (Phi) is 3.62. The topological polar surface area (TPSA) is 32.3 Å². The van der Waals surface area contributed by atoms with Gasteiger partial charge in [-0.1, -0.05) is 24.3 Å². The highest BCUT2D eigenvalue weighted by Gasteiger charge is 2.26. The maximum absolute atomic E-state index is 9.79. The van der Waals surface area contributed by atoms with Gasteiger partial charge in [0.15, 0.2) is 0 Å². The second-order valence-corrected chi connectivity index (χ2v) is 4.85. The molecule has 2 rings (SSSR count). The second kappa shape index (κ2) is 4.98. The molecule has 0 spiro atoms. The van der Waals surface area contributed by atoms with Crippen molar-refractivity contribution in [1.82, 2.24) is 5.32 Å². The van der Waals surface area contributed by atoms with E-state index >= 15 is 0 Å². The van der Waals surface area contributed by atoms with Gasteiger partial charge in [0.25, 0.3) is 0 Å². The average molecular weight is 219 g/mol. The molecule has 1 fully saturated rings. The predicted molar refractivity (Wildman–Crippen MR) is 66.4 cm³/mol. The maximum atomic E-state index is 9.79. The van der Waals surface area contributed by atoms with Crippen molar-refractivity contribution in [1.29, 1.82) is 0 Å². The van der Waals surface area contributed by atoms with Crippen LogP contribution < -0.4 is 5.32 Å². The van der Waals surface area contributed by atoms with Crippen molar-refractivity contribution in [3.05, 3.63) is 35.4 Å². The fourth-order valence-corrected chi connectivity index (χ4v) is 2.62. The monoisotopic (exact) mass is 219 g/mol. The second-order valence-electron chi connectivity index (χ2n) is 4.85. The molecule has 1 aliphatic carbocycles. The Labute approximate surface area is 97.7 Å². The van der Waals surface area contributed by atoms with Crippen LogP contribution in [0.15, 0.2) is 24.3 Å². The molecular formula is C14H21NO. The molecule has 88 valence electrons. The largest absolute Gasteiger partial charge is 0.392 e. The van der Waals surface area contributed by atoms with Gasteiger partial charge < -0.3 is 10.4 Å². The lowest BCUT2D eigenvalue weighted by atomic mass is 10.0. The van der Waals surface area contributed by atoms with Gasteiger partial charge in [-0.3, -0.25) is 0 Å². The van der Waals surface area contributed by atoms with Crippen molar-refractivity contribution >= 4 is 0 Å². The Morgan fingerprint density at radius 2 is 2.06 bits per heavy atom. The summed E-state index contributed by atoms with van der Waals surface area (Å²) in [6.45, 7) is 4.31. The van der Waals surface area contributed by atoms with Crippen LogP contribution in [0.1, 0.15) is 43.4 Å². The minimum Gasteiger partial charge on any atom is -0.392 e. The first kappa shape index (κ1) is 11.6. The van der Waals surface area contributed by atoms with Crippen LogP contribution >= 0.6 is 0 Å². The van der Waals surface area contributed by atoms with Gasteiger partial charge in [-0.15, -0.1) is 0 Å². The molecule has 2 N–H and O–H groups in total. The lowest BCUT2D eigenvalue weighted by molar-refractivity contribution is 0.144. The molecule has 0 aliphatic heterocycles. The van der Waals surface area contributed by atoms with Crippen molar-refractivity contribution in [2.75, 3.05) is 0 Å². The Hall–Kier alpha value is -0.860. The number of aliphatic hydroxyl groups is 1. The maximum Gasteiger partial charge on any atom is 0.0693 e. The lowest BCUT2D eigenvalue weighted by Crippen LogP contribution is -2.37. The summed E-state index contributed by atoms with van der Waals surface area (Å²) in [6, 6.07) is 9.03. The predicted octanol–water partition coefficient (Wildman–Crippen LogP) is 2.56. The Morgan fingerprint density at radius 3 is 2.69 bits per heavy atom. The molecule has 0 bridgehead atoms. The van der Waals surface area contributed by atoms with Crippen molar-refractivity contribution in [2.24, 2.45) is 0 Å². The van der Waals surface area contributed by atoms with Crippen molar-refractivity contribution in [3.63, 3.8) is 0 Å². The van der Waals surface area contributed by atoms with Crippen LogP contribution in [0.25, 0.3) is 0 Å². The molecule has 0 amide bonds. The molecule has 3 atom stereocenters. The van der Waals surface area contributed by atoms with Gasteiger partial charge in [-0.25, -0.2) is 0 Å². The van der Waals surface area contributed by atoms with Gasteiger partial charge in [0, 0.05) is 12.1 Å². The fraction of sp³-hybridized carbons (Fsp3) is 0.571. The highest BCUT2D eigenvalue weighted by atomic mass is 16.3. The molecular weight excluding hydrogens is 198 g/mol. The van der Waals surface area contributed by atoms with E-state index in [9.17, 15) is 5.11 Å². The van der Waals surface area contributed by atoms with E-state index in [0.29, 0.717) is 6.04 Å². The van der Waals surface area contributed by atoms with Crippen LogP contribution in [0.2, 0.25) is 0 Å². The first-order valence-corrected chi connectivity index (χ1v) is 6.18. The summed E-state index contributed by atoms with van der Waals surface area (Å²) in [5.74, 6) is 0. The molecule has 0 saturated heterocycles. The first-order chi connectivity index (χ1) is 7.68. The highest BCUT2D eigenvalue weighted by Crippen LogP contribution is 2.23. The molecule has 1 aromatic rings. The summed E-state index contributed by atoms with van der Waals surface area (Å²) in [5, 5.41) is 13.3. The molecule has 1 aromatic carbocycles. The summed E-state index contributed by atoms with van der Waals surface area (Å²) >= 11 is 0. The summed E-state index contributed by atoms with van der Waals surface area (Å²) in [6.07, 6.45) is 3.01. The van der Waals surface area contributed by atoms with Crippen molar-refractivity contribution < 1.29 is 5.11 Å². The van der Waals surface area contributed by atoms with Gasteiger partial charge in [-0.05, 0) is 44.2 Å². The Bertz CT molecular complexity index is 350. The van der Waals surface area contributed by atoms with Crippen molar-refractivity contribution in [2.45, 2.75) is 51.3 Å². The zero-order valence-electron chi connectivity index (χ0n) is 10.1. The zero-order chi connectivity index (χ0) is 11.5. The van der Waals surface area contributed by atoms with Crippen LogP contribution in [0.3, 0.4) is 0 Å². The van der Waals surface area contributed by atoms with E-state index < -0.39 is 0 Å². The third-order valence-electron chi connectivity index (χ3n) is 3.60. The Morgan fingerprint density at radius 1 is 1.31 bits per heavy atom. The molecule has 2 heteroatoms. The summed E-state index contributed by atoms with van der Waals surface area (Å²) < 4.78 is 0. The average Bonchev–Trinajstić information content (AvgIpc) is 2.65. The third kappa shape index (κ3) is 2.45. The quantitative estimate of drug-likeness (QED) is 0.819. The van der Waals surface area contributed by atoms with E-state index in [4.69, 9.17) is 0 Å².